The van der Waals surface area contributed by atoms with E-state index in [-0.39, 0.29) is 12.3 Å². The van der Waals surface area contributed by atoms with E-state index in [0.717, 1.165) is 22.6 Å². The van der Waals surface area contributed by atoms with Crippen LogP contribution in [0.3, 0.4) is 0 Å². The number of amides is 2. The van der Waals surface area contributed by atoms with Crippen molar-refractivity contribution in [1.29, 1.82) is 0 Å². The second kappa shape index (κ2) is 12.6. The molecule has 0 radical (unpaired) electrons. The van der Waals surface area contributed by atoms with Gasteiger partial charge in [0.2, 0.25) is 15.9 Å². The van der Waals surface area contributed by atoms with Gasteiger partial charge in [0.15, 0.2) is 0 Å². The average molecular weight is 562 g/mol. The van der Waals surface area contributed by atoms with Crippen molar-refractivity contribution in [2.24, 2.45) is 0 Å². The van der Waals surface area contributed by atoms with Gasteiger partial charge in [0.05, 0.1) is 24.8 Å². The average Bonchev–Trinajstić information content (AvgIpc) is 2.93. The Kier molecular flexibility index (Phi) is 8.95. The first kappa shape index (κ1) is 28.5. The molecule has 0 aliphatic carbocycles. The molecule has 4 aromatic rings. The Hall–Kier alpha value is -4.51. The number of nitrogens with one attached hydrogen (secondary N) is 2. The molecule has 2 heterocycles. The molecule has 0 fully saturated rings. The number of sulfonamides is 1. The molecule has 4 rings (SSSR count). The third-order valence-electron chi connectivity index (χ3n) is 6.16. The molecule has 10 nitrogen and oxygen atoms in total. The van der Waals surface area contributed by atoms with Crippen LogP contribution in [0.15, 0.2) is 73.1 Å². The highest BCUT2D eigenvalue weighted by Crippen LogP contribution is 2.29. The molecule has 0 bridgehead atoms. The Morgan fingerprint density at radius 1 is 1.00 bits per heavy atom. The van der Waals surface area contributed by atoms with Crippen molar-refractivity contribution in [3.8, 4) is 5.75 Å². The van der Waals surface area contributed by atoms with E-state index in [4.69, 9.17) is 4.74 Å². The molecule has 0 aliphatic heterocycles. The van der Waals surface area contributed by atoms with E-state index in [0.29, 0.717) is 48.1 Å². The molecule has 0 saturated carbocycles. The van der Waals surface area contributed by atoms with Crippen LogP contribution in [0, 0.1) is 0 Å². The zero-order valence-electron chi connectivity index (χ0n) is 22.5. The molecule has 11 heteroatoms. The molecule has 0 unspecified atom stereocenters. The minimum atomic E-state index is -3.64. The zero-order chi connectivity index (χ0) is 28.7. The van der Waals surface area contributed by atoms with Gasteiger partial charge in [0.1, 0.15) is 17.4 Å². The summed E-state index contributed by atoms with van der Waals surface area (Å²) < 4.78 is 30.9. The Labute approximate surface area is 233 Å². The maximum absolute atomic E-state index is 12.8. The molecule has 40 heavy (non-hydrogen) atoms. The predicted octanol–water partition coefficient (Wildman–Crippen LogP) is 3.39. The molecule has 208 valence electrons. The van der Waals surface area contributed by atoms with Crippen LogP contribution >= 0.6 is 0 Å². The van der Waals surface area contributed by atoms with Crippen molar-refractivity contribution in [2.45, 2.75) is 19.8 Å². The van der Waals surface area contributed by atoms with Gasteiger partial charge in [-0.1, -0.05) is 36.4 Å². The minimum absolute atomic E-state index is 0.0819. The first-order chi connectivity index (χ1) is 19.2. The third kappa shape index (κ3) is 6.92. The van der Waals surface area contributed by atoms with Gasteiger partial charge in [0.25, 0.3) is 5.91 Å². The van der Waals surface area contributed by atoms with Crippen LogP contribution in [0.1, 0.15) is 28.4 Å². The number of hydrogen-bond donors (Lipinski definition) is 2. The lowest BCUT2D eigenvalue weighted by molar-refractivity contribution is -0.118. The number of nitrogens with zero attached hydrogens (tertiary/aromatic N) is 3. The van der Waals surface area contributed by atoms with Gasteiger partial charge in [-0.15, -0.1) is 0 Å². The summed E-state index contributed by atoms with van der Waals surface area (Å²) in [6, 6.07) is 18.4. The summed E-state index contributed by atoms with van der Waals surface area (Å²) in [5.41, 5.74) is 1.96. The monoisotopic (exact) mass is 561 g/mol. The van der Waals surface area contributed by atoms with Gasteiger partial charge in [-0.2, -0.15) is 0 Å². The summed E-state index contributed by atoms with van der Waals surface area (Å²) in [5, 5.41) is 4.30. The maximum atomic E-state index is 12.8. The largest absolute Gasteiger partial charge is 0.493 e. The van der Waals surface area contributed by atoms with Gasteiger partial charge < -0.3 is 15.0 Å². The van der Waals surface area contributed by atoms with E-state index in [1.54, 1.807) is 31.6 Å². The SMILES string of the molecule is CCN(c1ccccn1)c1ncc(CCOc2cccc3c(CC(=O)NS(C)(=O)=O)cccc23)cc1C(=O)NC. The van der Waals surface area contributed by atoms with E-state index in [1.165, 1.54) is 0 Å². The van der Waals surface area contributed by atoms with Gasteiger partial charge in [-0.3, -0.25) is 14.3 Å². The maximum Gasteiger partial charge on any atom is 0.254 e. The van der Waals surface area contributed by atoms with Crippen LogP contribution in [0.4, 0.5) is 11.6 Å². The second-order valence-electron chi connectivity index (χ2n) is 9.07. The smallest absolute Gasteiger partial charge is 0.254 e. The quantitative estimate of drug-likeness (QED) is 0.285. The normalized spacial score (nSPS) is 11.2. The Bertz CT molecular complexity index is 1630. The lowest BCUT2D eigenvalue weighted by Gasteiger charge is -2.23. The lowest BCUT2D eigenvalue weighted by Crippen LogP contribution is -2.30. The minimum Gasteiger partial charge on any atom is -0.493 e. The highest BCUT2D eigenvalue weighted by Gasteiger charge is 2.20. The van der Waals surface area contributed by atoms with Crippen LogP contribution in [0.5, 0.6) is 5.75 Å². The number of anilines is 2. The molecular weight excluding hydrogens is 530 g/mol. The molecular formula is C29H31N5O5S. The van der Waals surface area contributed by atoms with Crippen LogP contribution in [-0.4, -0.2) is 56.7 Å². The van der Waals surface area contributed by atoms with Crippen molar-refractivity contribution >= 4 is 44.2 Å². The first-order valence-electron chi connectivity index (χ1n) is 12.7. The molecule has 0 atom stereocenters. The number of carbonyl (C=O) groups excluding carboxylic acids is 2. The summed E-state index contributed by atoms with van der Waals surface area (Å²) >= 11 is 0. The van der Waals surface area contributed by atoms with Crippen LogP contribution in [0.2, 0.25) is 0 Å². The molecule has 0 spiro atoms. The van der Waals surface area contributed by atoms with Crippen molar-refractivity contribution in [3.63, 3.8) is 0 Å². The zero-order valence-corrected chi connectivity index (χ0v) is 23.4. The van der Waals surface area contributed by atoms with Crippen LogP contribution in [0.25, 0.3) is 10.8 Å². The Morgan fingerprint density at radius 2 is 1.77 bits per heavy atom. The highest BCUT2D eigenvalue weighted by molar-refractivity contribution is 7.89. The predicted molar refractivity (Wildman–Crippen MR) is 154 cm³/mol. The fourth-order valence-electron chi connectivity index (χ4n) is 4.41. The van der Waals surface area contributed by atoms with E-state index in [1.807, 2.05) is 65.1 Å². The van der Waals surface area contributed by atoms with Crippen molar-refractivity contribution in [2.75, 3.05) is 31.4 Å². The van der Waals surface area contributed by atoms with Crippen molar-refractivity contribution in [3.05, 3.63) is 89.7 Å². The number of fused-ring (bicyclic) bond motifs is 1. The van der Waals surface area contributed by atoms with E-state index in [2.05, 4.69) is 15.3 Å². The molecule has 2 amide bonds. The van der Waals surface area contributed by atoms with E-state index >= 15 is 0 Å². The summed E-state index contributed by atoms with van der Waals surface area (Å²) in [6.45, 7) is 2.87. The molecule has 2 aromatic heterocycles. The third-order valence-corrected chi connectivity index (χ3v) is 6.76. The number of ether oxygens (including phenoxy) is 1. The number of aromatic nitrogens is 2. The number of rotatable bonds is 11. The fourth-order valence-corrected chi connectivity index (χ4v) is 4.89. The number of benzene rings is 2. The van der Waals surface area contributed by atoms with Crippen LogP contribution < -0.4 is 19.7 Å². The van der Waals surface area contributed by atoms with E-state index < -0.39 is 15.9 Å². The number of hydrogen-bond acceptors (Lipinski definition) is 8. The van der Waals surface area contributed by atoms with E-state index in [9.17, 15) is 18.0 Å². The van der Waals surface area contributed by atoms with Crippen molar-refractivity contribution in [1.82, 2.24) is 20.0 Å². The first-order valence-corrected chi connectivity index (χ1v) is 14.6. The molecule has 2 N–H and O–H groups in total. The molecule has 2 aromatic carbocycles. The summed E-state index contributed by atoms with van der Waals surface area (Å²) in [6.07, 6.45) is 4.80. The van der Waals surface area contributed by atoms with Crippen molar-refractivity contribution < 1.29 is 22.7 Å². The number of pyridine rings is 2. The summed E-state index contributed by atoms with van der Waals surface area (Å²) in [4.78, 5) is 35.9. The topological polar surface area (TPSA) is 131 Å². The summed E-state index contributed by atoms with van der Waals surface area (Å²) in [5.74, 6) is 0.996. The standard InChI is InChI=1S/C29H31N5O5S/c1-4-34(26-13-5-6-15-31-26)28-24(29(36)30-2)17-20(19-32-28)14-16-39-25-12-8-10-22-21(9-7-11-23(22)25)18-27(35)33-40(3,37)38/h5-13,15,17,19H,4,14,16,18H2,1-3H3,(H,30,36)(H,33,35). The van der Waals surface area contributed by atoms with Gasteiger partial charge in [-0.25, -0.2) is 18.4 Å². The highest BCUT2D eigenvalue weighted by atomic mass is 32.2. The van der Waals surface area contributed by atoms with Gasteiger partial charge in [-0.05, 0) is 47.7 Å². The Morgan fingerprint density at radius 3 is 2.48 bits per heavy atom. The molecule has 0 saturated heterocycles. The van der Waals surface area contributed by atoms with Gasteiger partial charge in [0, 0.05) is 37.8 Å². The molecule has 0 aliphatic rings. The Balaban J connectivity index is 1.52. The summed E-state index contributed by atoms with van der Waals surface area (Å²) in [7, 11) is -2.06. The second-order valence-corrected chi connectivity index (χ2v) is 10.8. The number of carbonyl (C=O) groups is 2. The van der Waals surface area contributed by atoms with Crippen LogP contribution in [-0.2, 0) is 27.7 Å². The van der Waals surface area contributed by atoms with Gasteiger partial charge >= 0.3 is 0 Å². The lowest BCUT2D eigenvalue weighted by atomic mass is 10.0. The fraction of sp³-hybridized carbons (Fsp3) is 0.241.